The van der Waals surface area contributed by atoms with E-state index in [1.165, 1.54) is 11.8 Å². The fourth-order valence-electron chi connectivity index (χ4n) is 5.22. The second-order valence-corrected chi connectivity index (χ2v) is 10.7. The number of ether oxygens (including phenoxy) is 4. The zero-order valence-electron chi connectivity index (χ0n) is 21.4. The number of fused-ring (bicyclic) bond motifs is 2. The highest BCUT2D eigenvalue weighted by atomic mass is 32.2. The first kappa shape index (κ1) is 26.8. The van der Waals surface area contributed by atoms with Gasteiger partial charge in [-0.2, -0.15) is 0 Å². The Morgan fingerprint density at radius 1 is 1.11 bits per heavy atom. The van der Waals surface area contributed by atoms with Gasteiger partial charge in [-0.3, -0.25) is 4.79 Å². The summed E-state index contributed by atoms with van der Waals surface area (Å²) in [6, 6.07) is 7.42. The molecule has 1 aromatic carbocycles. The SMILES string of the molecule is COc1ccc(CN2C(=O)SCC2[C@@]2(OC)C[C@H]3C[C@@H](CCC/C=C\CC/C(C)=C\C(=O)O3)O2)cc1. The van der Waals surface area contributed by atoms with Gasteiger partial charge in [0, 0.05) is 38.3 Å². The Hall–Kier alpha value is -2.29. The maximum absolute atomic E-state index is 13.0. The number of methoxy groups -OCH3 is 2. The summed E-state index contributed by atoms with van der Waals surface area (Å²) in [7, 11) is 3.26. The summed E-state index contributed by atoms with van der Waals surface area (Å²) in [6.07, 6.45) is 11.1. The Balaban J connectivity index is 1.58. The molecule has 0 aromatic heterocycles. The number of hydrogen-bond acceptors (Lipinski definition) is 7. The van der Waals surface area contributed by atoms with E-state index in [0.717, 1.165) is 49.0 Å². The quantitative estimate of drug-likeness (QED) is 0.371. The summed E-state index contributed by atoms with van der Waals surface area (Å²) in [6.45, 7) is 2.41. The number of carbonyl (C=O) groups excluding carboxylic acids is 2. The van der Waals surface area contributed by atoms with Crippen molar-refractivity contribution < 1.29 is 28.5 Å². The molecule has 8 heteroatoms. The molecule has 1 amide bonds. The number of thioether (sulfide) groups is 1. The summed E-state index contributed by atoms with van der Waals surface area (Å²) in [5.74, 6) is -0.0489. The minimum Gasteiger partial charge on any atom is -0.497 e. The first-order chi connectivity index (χ1) is 17.4. The second kappa shape index (κ2) is 12.3. The van der Waals surface area contributed by atoms with E-state index < -0.39 is 5.79 Å². The van der Waals surface area contributed by atoms with E-state index in [1.54, 1.807) is 20.3 Å². The van der Waals surface area contributed by atoms with Gasteiger partial charge in [-0.25, -0.2) is 4.79 Å². The summed E-state index contributed by atoms with van der Waals surface area (Å²) < 4.78 is 24.0. The van der Waals surface area contributed by atoms with E-state index in [9.17, 15) is 9.59 Å². The minimum absolute atomic E-state index is 0.00246. The Bertz CT molecular complexity index is 977. The summed E-state index contributed by atoms with van der Waals surface area (Å²) in [5.41, 5.74) is 2.01. The van der Waals surface area contributed by atoms with E-state index in [0.29, 0.717) is 25.1 Å². The molecule has 0 N–H and O–H groups in total. The number of nitrogens with zero attached hydrogens (tertiary/aromatic N) is 1. The zero-order valence-corrected chi connectivity index (χ0v) is 22.3. The van der Waals surface area contributed by atoms with E-state index in [4.69, 9.17) is 18.9 Å². The fraction of sp³-hybridized carbons (Fsp3) is 0.571. The molecule has 1 unspecified atom stereocenters. The monoisotopic (exact) mass is 515 g/mol. The molecular weight excluding hydrogens is 478 g/mol. The molecule has 0 radical (unpaired) electrons. The number of amides is 1. The Labute approximate surface area is 218 Å². The molecule has 3 heterocycles. The van der Waals surface area contributed by atoms with Gasteiger partial charge in [-0.05, 0) is 56.7 Å². The maximum atomic E-state index is 13.0. The molecule has 4 rings (SSSR count). The predicted molar refractivity (Wildman–Crippen MR) is 140 cm³/mol. The zero-order chi connectivity index (χ0) is 25.5. The molecule has 3 aliphatic rings. The third-order valence-electron chi connectivity index (χ3n) is 7.16. The van der Waals surface area contributed by atoms with Crippen LogP contribution in [-0.4, -0.2) is 60.1 Å². The van der Waals surface area contributed by atoms with Crippen LogP contribution in [0.2, 0.25) is 0 Å². The number of hydrogen-bond donors (Lipinski definition) is 0. The van der Waals surface area contributed by atoms with Crippen LogP contribution in [-0.2, 0) is 25.5 Å². The van der Waals surface area contributed by atoms with Crippen molar-refractivity contribution in [3.63, 3.8) is 0 Å². The Kier molecular flexibility index (Phi) is 9.14. The highest BCUT2D eigenvalue weighted by molar-refractivity contribution is 8.13. The van der Waals surface area contributed by atoms with Crippen molar-refractivity contribution in [1.29, 1.82) is 0 Å². The van der Waals surface area contributed by atoms with Gasteiger partial charge in [0.05, 0.1) is 19.3 Å². The Morgan fingerprint density at radius 3 is 2.64 bits per heavy atom. The molecule has 0 aliphatic carbocycles. The van der Waals surface area contributed by atoms with Crippen molar-refractivity contribution in [2.75, 3.05) is 20.0 Å². The van der Waals surface area contributed by atoms with Crippen LogP contribution in [0.25, 0.3) is 0 Å². The first-order valence-corrected chi connectivity index (χ1v) is 13.7. The van der Waals surface area contributed by atoms with Gasteiger partial charge in [0.25, 0.3) is 5.24 Å². The lowest BCUT2D eigenvalue weighted by Crippen LogP contribution is -2.60. The van der Waals surface area contributed by atoms with Crippen LogP contribution in [0, 0.1) is 0 Å². The van der Waals surface area contributed by atoms with Crippen molar-refractivity contribution in [1.82, 2.24) is 4.90 Å². The van der Waals surface area contributed by atoms with E-state index >= 15 is 0 Å². The van der Waals surface area contributed by atoms with Gasteiger partial charge in [0.2, 0.25) is 0 Å². The third kappa shape index (κ3) is 6.52. The normalized spacial score (nSPS) is 32.2. The first-order valence-electron chi connectivity index (χ1n) is 12.7. The van der Waals surface area contributed by atoms with Crippen molar-refractivity contribution in [3.8, 4) is 5.75 Å². The van der Waals surface area contributed by atoms with Crippen LogP contribution in [0.15, 0.2) is 48.1 Å². The summed E-state index contributed by atoms with van der Waals surface area (Å²) in [5, 5.41) is -0.00246. The second-order valence-electron chi connectivity index (χ2n) is 9.75. The minimum atomic E-state index is -1.05. The lowest BCUT2D eigenvalue weighted by molar-refractivity contribution is -0.305. The van der Waals surface area contributed by atoms with Crippen molar-refractivity contribution in [2.24, 2.45) is 0 Å². The van der Waals surface area contributed by atoms with Crippen LogP contribution in [0.3, 0.4) is 0 Å². The van der Waals surface area contributed by atoms with Crippen molar-refractivity contribution in [2.45, 2.75) is 82.5 Å². The number of allylic oxidation sites excluding steroid dienone is 3. The number of rotatable bonds is 5. The smallest absolute Gasteiger partial charge is 0.330 e. The largest absolute Gasteiger partial charge is 0.497 e. The topological polar surface area (TPSA) is 74.3 Å². The van der Waals surface area contributed by atoms with Gasteiger partial charge in [-0.15, -0.1) is 0 Å². The average Bonchev–Trinajstić information content (AvgIpc) is 3.23. The molecule has 196 valence electrons. The molecule has 2 fully saturated rings. The third-order valence-corrected chi connectivity index (χ3v) is 8.12. The summed E-state index contributed by atoms with van der Waals surface area (Å²) in [4.78, 5) is 27.5. The Morgan fingerprint density at radius 2 is 1.89 bits per heavy atom. The predicted octanol–water partition coefficient (Wildman–Crippen LogP) is 5.63. The van der Waals surface area contributed by atoms with E-state index in [2.05, 4.69) is 12.2 Å². The molecule has 7 nitrogen and oxygen atoms in total. The van der Waals surface area contributed by atoms with Gasteiger partial charge < -0.3 is 23.8 Å². The van der Waals surface area contributed by atoms with Crippen LogP contribution in [0.1, 0.15) is 57.4 Å². The molecule has 3 aliphatic heterocycles. The average molecular weight is 516 g/mol. The van der Waals surface area contributed by atoms with Gasteiger partial charge in [0.1, 0.15) is 11.9 Å². The number of benzene rings is 1. The van der Waals surface area contributed by atoms with Gasteiger partial charge >= 0.3 is 5.97 Å². The molecular formula is C28H37NO6S. The van der Waals surface area contributed by atoms with E-state index in [1.807, 2.05) is 36.1 Å². The molecule has 2 saturated heterocycles. The lowest BCUT2D eigenvalue weighted by atomic mass is 9.90. The molecule has 0 spiro atoms. The van der Waals surface area contributed by atoms with Crippen molar-refractivity contribution in [3.05, 3.63) is 53.6 Å². The van der Waals surface area contributed by atoms with Crippen LogP contribution in [0.5, 0.6) is 5.75 Å². The highest BCUT2D eigenvalue weighted by Crippen LogP contribution is 2.43. The highest BCUT2D eigenvalue weighted by Gasteiger charge is 2.54. The van der Waals surface area contributed by atoms with Gasteiger partial charge in [0.15, 0.2) is 5.79 Å². The lowest BCUT2D eigenvalue weighted by Gasteiger charge is -2.48. The molecule has 36 heavy (non-hydrogen) atoms. The van der Waals surface area contributed by atoms with Crippen molar-refractivity contribution >= 4 is 23.0 Å². The number of esters is 1. The molecule has 0 saturated carbocycles. The van der Waals surface area contributed by atoms with E-state index in [-0.39, 0.29) is 29.5 Å². The van der Waals surface area contributed by atoms with Crippen LogP contribution >= 0.6 is 11.8 Å². The van der Waals surface area contributed by atoms with Crippen LogP contribution < -0.4 is 4.74 Å². The number of carbonyl (C=O) groups is 2. The fourth-order valence-corrected chi connectivity index (χ4v) is 6.31. The maximum Gasteiger partial charge on any atom is 0.330 e. The summed E-state index contributed by atoms with van der Waals surface area (Å²) >= 11 is 1.28. The molecule has 1 aromatic rings. The van der Waals surface area contributed by atoms with Crippen LogP contribution in [0.4, 0.5) is 4.79 Å². The molecule has 2 bridgehead atoms. The molecule has 4 atom stereocenters. The van der Waals surface area contributed by atoms with Gasteiger partial charge in [-0.1, -0.05) is 41.6 Å². The standard InChI is InChI=1S/C28H37NO6S/c1-20-9-7-5-4-6-8-10-23-16-24(34-26(30)15-20)17-28(33-3,35-23)25-19-36-27(31)29(25)18-21-11-13-22(32-2)14-12-21/h4-5,11-15,23-25H,6-10,16-19H2,1-3H3/b5-4-,20-15-/t23-,24-,25?,28-/m1/s1.